The number of phosphoric ester groups is 2. The molecule has 3 N–H and O–H groups in total. The molecule has 0 aliphatic rings. The van der Waals surface area contributed by atoms with E-state index in [1.165, 1.54) is 122 Å². The van der Waals surface area contributed by atoms with Gasteiger partial charge >= 0.3 is 39.5 Å². The van der Waals surface area contributed by atoms with E-state index >= 15 is 0 Å². The predicted octanol–water partition coefficient (Wildman–Crippen LogP) is 24.3. The third-order valence-corrected chi connectivity index (χ3v) is 19.5. The number of allylic oxidation sites excluding steroid dienone is 16. The summed E-state index contributed by atoms with van der Waals surface area (Å²) in [6, 6.07) is 0. The lowest BCUT2D eigenvalue weighted by Crippen LogP contribution is -2.30. The number of unbranched alkanes of at least 4 members (excludes halogenated alkanes) is 36. The molecular formula is C85H150O17P2. The third kappa shape index (κ3) is 76.2. The normalized spacial score (nSPS) is 14.3. The first kappa shape index (κ1) is 100.0. The highest BCUT2D eigenvalue weighted by Crippen LogP contribution is 2.45. The SMILES string of the molecule is CC/C=C\C/C=C\C/C=C\C/C=C\C/C=C\CCCCCC(=O)OCC(COP(=O)(O)OCC(O)COP(=O)(O)OCC(COC(=O)CCCCCCCC/C=C\C/C=C\C/C=C\CCCCC)OC(=O)CCCCCCCCCCCCC)OC(=O)CCCCCCCCCCCCCCCCC. The van der Waals surface area contributed by atoms with Crippen molar-refractivity contribution in [3.63, 3.8) is 0 Å². The molecule has 0 amide bonds. The molecule has 602 valence electrons. The molecule has 0 fully saturated rings. The van der Waals surface area contributed by atoms with E-state index < -0.39 is 97.5 Å². The fraction of sp³-hybridized carbons (Fsp3) is 0.765. The van der Waals surface area contributed by atoms with Gasteiger partial charge in [0.25, 0.3) is 0 Å². The summed E-state index contributed by atoms with van der Waals surface area (Å²) in [7, 11) is -9.96. The van der Waals surface area contributed by atoms with Crippen molar-refractivity contribution in [2.45, 2.75) is 380 Å². The summed E-state index contributed by atoms with van der Waals surface area (Å²) in [6.45, 7) is 4.74. The molecule has 0 aliphatic carbocycles. The van der Waals surface area contributed by atoms with Gasteiger partial charge in [-0.2, -0.15) is 0 Å². The number of rotatable bonds is 78. The molecule has 0 spiro atoms. The largest absolute Gasteiger partial charge is 0.472 e. The number of carbonyl (C=O) groups is 4. The maximum atomic E-state index is 13.1. The number of hydrogen-bond acceptors (Lipinski definition) is 15. The molecular weight excluding hydrogens is 1350 g/mol. The summed E-state index contributed by atoms with van der Waals surface area (Å²) in [5.41, 5.74) is 0. The highest BCUT2D eigenvalue weighted by Gasteiger charge is 2.30. The Morgan fingerprint density at radius 3 is 0.798 bits per heavy atom. The van der Waals surface area contributed by atoms with Crippen LogP contribution in [0.5, 0.6) is 0 Å². The van der Waals surface area contributed by atoms with Crippen molar-refractivity contribution in [3.8, 4) is 0 Å². The smallest absolute Gasteiger partial charge is 0.462 e. The van der Waals surface area contributed by atoms with Crippen LogP contribution in [0.25, 0.3) is 0 Å². The van der Waals surface area contributed by atoms with E-state index in [1.54, 1.807) is 0 Å². The molecule has 0 aromatic rings. The van der Waals surface area contributed by atoms with Crippen molar-refractivity contribution in [2.24, 2.45) is 0 Å². The topological polar surface area (TPSA) is 237 Å². The summed E-state index contributed by atoms with van der Waals surface area (Å²) >= 11 is 0. The molecule has 5 unspecified atom stereocenters. The molecule has 0 aromatic heterocycles. The third-order valence-electron chi connectivity index (χ3n) is 17.6. The van der Waals surface area contributed by atoms with Crippen LogP contribution >= 0.6 is 15.6 Å². The Bertz CT molecular complexity index is 2350. The molecule has 17 nitrogen and oxygen atoms in total. The van der Waals surface area contributed by atoms with Gasteiger partial charge in [0.15, 0.2) is 12.2 Å². The molecule has 104 heavy (non-hydrogen) atoms. The van der Waals surface area contributed by atoms with Gasteiger partial charge in [0.05, 0.1) is 26.4 Å². The van der Waals surface area contributed by atoms with E-state index in [1.807, 2.05) is 0 Å². The number of aliphatic hydroxyl groups is 1. The monoisotopic (exact) mass is 1510 g/mol. The van der Waals surface area contributed by atoms with Gasteiger partial charge in [-0.05, 0) is 109 Å². The Hall–Kier alpha value is -4.02. The minimum Gasteiger partial charge on any atom is -0.462 e. The second-order valence-corrected chi connectivity index (χ2v) is 30.6. The molecule has 0 saturated heterocycles. The summed E-state index contributed by atoms with van der Waals surface area (Å²) in [4.78, 5) is 73.1. The van der Waals surface area contributed by atoms with Gasteiger partial charge in [0.2, 0.25) is 0 Å². The number of ether oxygens (including phenoxy) is 4. The van der Waals surface area contributed by atoms with Gasteiger partial charge in [-0.15, -0.1) is 0 Å². The number of hydrogen-bond donors (Lipinski definition) is 3. The van der Waals surface area contributed by atoms with Crippen LogP contribution in [0.2, 0.25) is 0 Å². The second-order valence-electron chi connectivity index (χ2n) is 27.7. The minimum absolute atomic E-state index is 0.0911. The first-order valence-electron chi connectivity index (χ1n) is 41.5. The highest BCUT2D eigenvalue weighted by molar-refractivity contribution is 7.47. The van der Waals surface area contributed by atoms with Gasteiger partial charge in [0, 0.05) is 25.7 Å². The quantitative estimate of drug-likeness (QED) is 0.0169. The summed E-state index contributed by atoms with van der Waals surface area (Å²) in [5, 5.41) is 10.6. The number of esters is 4. The lowest BCUT2D eigenvalue weighted by molar-refractivity contribution is -0.161. The predicted molar refractivity (Wildman–Crippen MR) is 427 cm³/mol. The number of aliphatic hydroxyl groups excluding tert-OH is 1. The van der Waals surface area contributed by atoms with Crippen LogP contribution in [0.4, 0.5) is 0 Å². The van der Waals surface area contributed by atoms with Crippen molar-refractivity contribution >= 4 is 39.5 Å². The van der Waals surface area contributed by atoms with Crippen molar-refractivity contribution in [1.82, 2.24) is 0 Å². The van der Waals surface area contributed by atoms with Crippen LogP contribution in [-0.4, -0.2) is 96.7 Å². The Morgan fingerprint density at radius 1 is 0.279 bits per heavy atom. The van der Waals surface area contributed by atoms with Gasteiger partial charge in [-0.25, -0.2) is 9.13 Å². The fourth-order valence-electron chi connectivity index (χ4n) is 11.3. The van der Waals surface area contributed by atoms with E-state index in [4.69, 9.17) is 37.0 Å². The zero-order valence-electron chi connectivity index (χ0n) is 65.9. The Labute approximate surface area is 633 Å². The van der Waals surface area contributed by atoms with Crippen molar-refractivity contribution in [1.29, 1.82) is 0 Å². The molecule has 0 heterocycles. The summed E-state index contributed by atoms with van der Waals surface area (Å²) in [6.07, 6.45) is 82.3. The van der Waals surface area contributed by atoms with Crippen molar-refractivity contribution in [3.05, 3.63) is 97.2 Å². The van der Waals surface area contributed by atoms with Crippen LogP contribution in [0.1, 0.15) is 362 Å². The van der Waals surface area contributed by atoms with Gasteiger partial charge in [-0.3, -0.25) is 37.3 Å². The first-order chi connectivity index (χ1) is 50.7. The van der Waals surface area contributed by atoms with E-state index in [-0.39, 0.29) is 25.7 Å². The van der Waals surface area contributed by atoms with E-state index in [0.29, 0.717) is 25.7 Å². The molecule has 0 bridgehead atoms. The Balaban J connectivity index is 5.33. The zero-order chi connectivity index (χ0) is 76.0. The van der Waals surface area contributed by atoms with Crippen LogP contribution in [0, 0.1) is 0 Å². The molecule has 0 rings (SSSR count). The number of phosphoric acid groups is 2. The first-order valence-corrected chi connectivity index (χ1v) is 44.5. The highest BCUT2D eigenvalue weighted by atomic mass is 31.2. The average Bonchev–Trinajstić information content (AvgIpc) is 0.929. The standard InChI is InChI=1S/C85H150O17P2/c1-5-9-13-17-21-25-29-32-35-37-39-41-44-46-50-53-57-61-65-69-82(87)95-75-80(101-84(89)71-67-63-59-55-49-28-24-20-16-12-8-4)77-99-103(91,92)97-73-79(86)74-98-104(93,94)100-78-81(102-85(90)72-68-64-60-56-52-48-43-34-31-27-23-19-15-11-7-3)76-96-83(88)70-66-62-58-54-51-47-45-42-40-38-36-33-30-26-22-18-14-10-6-2/h10,14,21-22,25-26,32-33,35-36,39-42,47,51,79-81,86H,5-9,11-13,15-20,23-24,27-31,34,37-38,43-46,48-50,52-78H2,1-4H3,(H,91,92)(H,93,94)/b14-10-,25-21-,26-22-,35-32-,36-33-,41-39-,42-40-,51-47-. The van der Waals surface area contributed by atoms with Gasteiger partial charge in [0.1, 0.15) is 19.3 Å². The molecule has 19 heteroatoms. The lowest BCUT2D eigenvalue weighted by Gasteiger charge is -2.21. The van der Waals surface area contributed by atoms with Crippen LogP contribution < -0.4 is 0 Å². The van der Waals surface area contributed by atoms with Gasteiger partial charge < -0.3 is 33.8 Å². The average molecular weight is 1510 g/mol. The molecule has 0 aromatic carbocycles. The molecule has 0 aliphatic heterocycles. The van der Waals surface area contributed by atoms with Gasteiger partial charge in [-0.1, -0.05) is 324 Å². The summed E-state index contributed by atoms with van der Waals surface area (Å²) < 4.78 is 68.7. The Kier molecular flexibility index (Phi) is 74.2. The van der Waals surface area contributed by atoms with Crippen molar-refractivity contribution in [2.75, 3.05) is 39.6 Å². The van der Waals surface area contributed by atoms with Crippen LogP contribution in [0.3, 0.4) is 0 Å². The zero-order valence-corrected chi connectivity index (χ0v) is 67.7. The maximum Gasteiger partial charge on any atom is 0.472 e. The van der Waals surface area contributed by atoms with E-state index in [2.05, 4.69) is 125 Å². The Morgan fingerprint density at radius 2 is 0.500 bits per heavy atom. The maximum absolute atomic E-state index is 13.1. The van der Waals surface area contributed by atoms with E-state index in [9.17, 15) is 43.2 Å². The minimum atomic E-state index is -4.98. The molecule has 0 radical (unpaired) electrons. The van der Waals surface area contributed by atoms with Crippen LogP contribution in [0.15, 0.2) is 97.2 Å². The van der Waals surface area contributed by atoms with Crippen molar-refractivity contribution < 1.29 is 80.2 Å². The number of carbonyl (C=O) groups excluding carboxylic acids is 4. The second kappa shape index (κ2) is 77.1. The molecule has 5 atom stereocenters. The van der Waals surface area contributed by atoms with E-state index in [0.717, 1.165) is 161 Å². The fourth-order valence-corrected chi connectivity index (χ4v) is 12.8. The lowest BCUT2D eigenvalue weighted by atomic mass is 10.0. The summed E-state index contributed by atoms with van der Waals surface area (Å²) in [5.74, 6) is -2.20. The molecule has 0 saturated carbocycles. The van der Waals surface area contributed by atoms with Crippen LogP contribution in [-0.2, 0) is 65.4 Å².